The molecule has 4 nitrogen and oxygen atoms in total. The van der Waals surface area contributed by atoms with Crippen molar-refractivity contribution in [2.45, 2.75) is 46.1 Å². The van der Waals surface area contributed by atoms with Gasteiger partial charge in [0.05, 0.1) is 6.42 Å². The Bertz CT molecular complexity index is 248. The molecule has 0 bridgehead atoms. The zero-order valence-corrected chi connectivity index (χ0v) is 12.1. The monoisotopic (exact) mass is 256 g/mol. The minimum atomic E-state index is -0.689. The molecule has 4 heteroatoms. The summed E-state index contributed by atoms with van der Waals surface area (Å²) in [5.74, 6) is 0.0431. The van der Waals surface area contributed by atoms with Crippen LogP contribution in [0.15, 0.2) is 0 Å². The fourth-order valence-electron chi connectivity index (χ4n) is 2.82. The normalized spacial score (nSPS) is 18.7. The Hall–Kier alpha value is -0.610. The van der Waals surface area contributed by atoms with Crippen molar-refractivity contribution >= 4 is 5.97 Å². The first-order valence-electron chi connectivity index (χ1n) is 7.21. The standard InChI is InChI=1S/C14H28N2O2/c1-4-16(10-7-14(17)18)13-5-8-15(9-6-13)11-12(2)3/h12-13H,4-11H2,1-3H3,(H,17,18). The molecule has 1 aliphatic rings. The Morgan fingerprint density at radius 3 is 2.44 bits per heavy atom. The quantitative estimate of drug-likeness (QED) is 0.755. The van der Waals surface area contributed by atoms with Crippen LogP contribution < -0.4 is 0 Å². The first kappa shape index (κ1) is 15.4. The SMILES string of the molecule is CCN(CCC(=O)O)C1CCN(CC(C)C)CC1. The van der Waals surface area contributed by atoms with Crippen molar-refractivity contribution in [3.05, 3.63) is 0 Å². The van der Waals surface area contributed by atoms with Gasteiger partial charge in [0, 0.05) is 19.1 Å². The van der Waals surface area contributed by atoms with Crippen LogP contribution in [-0.4, -0.2) is 59.6 Å². The zero-order valence-electron chi connectivity index (χ0n) is 12.1. The van der Waals surface area contributed by atoms with Gasteiger partial charge in [0.1, 0.15) is 0 Å². The molecule has 0 radical (unpaired) electrons. The van der Waals surface area contributed by atoms with Gasteiger partial charge in [-0.1, -0.05) is 20.8 Å². The van der Waals surface area contributed by atoms with Gasteiger partial charge in [-0.2, -0.15) is 0 Å². The fraction of sp³-hybridized carbons (Fsp3) is 0.929. The molecule has 0 spiro atoms. The summed E-state index contributed by atoms with van der Waals surface area (Å²) in [6.07, 6.45) is 2.63. The highest BCUT2D eigenvalue weighted by molar-refractivity contribution is 5.66. The second-order valence-electron chi connectivity index (χ2n) is 5.70. The second-order valence-corrected chi connectivity index (χ2v) is 5.70. The summed E-state index contributed by atoms with van der Waals surface area (Å²) in [4.78, 5) is 15.5. The highest BCUT2D eigenvalue weighted by Crippen LogP contribution is 2.17. The van der Waals surface area contributed by atoms with E-state index in [1.165, 1.54) is 19.4 Å². The lowest BCUT2D eigenvalue weighted by molar-refractivity contribution is -0.137. The number of nitrogens with zero attached hydrogens (tertiary/aromatic N) is 2. The Kier molecular flexibility index (Phi) is 6.65. The van der Waals surface area contributed by atoms with E-state index in [1.807, 2.05) is 0 Å². The number of carbonyl (C=O) groups is 1. The predicted octanol–water partition coefficient (Wildman–Crippen LogP) is 1.90. The number of rotatable bonds is 7. The van der Waals surface area contributed by atoms with Crippen LogP contribution in [0.5, 0.6) is 0 Å². The number of hydrogen-bond acceptors (Lipinski definition) is 3. The molecule has 0 amide bonds. The number of carboxylic acid groups (broad SMARTS) is 1. The van der Waals surface area contributed by atoms with Gasteiger partial charge in [-0.25, -0.2) is 0 Å². The van der Waals surface area contributed by atoms with Gasteiger partial charge >= 0.3 is 5.97 Å². The minimum Gasteiger partial charge on any atom is -0.481 e. The van der Waals surface area contributed by atoms with Gasteiger partial charge in [-0.3, -0.25) is 9.69 Å². The largest absolute Gasteiger partial charge is 0.481 e. The molecule has 106 valence electrons. The summed E-state index contributed by atoms with van der Waals surface area (Å²) in [6.45, 7) is 11.8. The summed E-state index contributed by atoms with van der Waals surface area (Å²) in [5, 5.41) is 8.76. The number of hydrogen-bond donors (Lipinski definition) is 1. The molecule has 1 rings (SSSR count). The Morgan fingerprint density at radius 1 is 1.39 bits per heavy atom. The molecular weight excluding hydrogens is 228 g/mol. The lowest BCUT2D eigenvalue weighted by atomic mass is 10.0. The van der Waals surface area contributed by atoms with Crippen LogP contribution in [0, 0.1) is 5.92 Å². The molecule has 0 aromatic carbocycles. The topological polar surface area (TPSA) is 43.8 Å². The van der Waals surface area contributed by atoms with Crippen LogP contribution in [0.1, 0.15) is 40.0 Å². The van der Waals surface area contributed by atoms with Crippen molar-refractivity contribution in [3.8, 4) is 0 Å². The lowest BCUT2D eigenvalue weighted by Crippen LogP contribution is -2.46. The smallest absolute Gasteiger partial charge is 0.304 e. The van der Waals surface area contributed by atoms with E-state index in [0.29, 0.717) is 12.6 Å². The molecule has 1 fully saturated rings. The van der Waals surface area contributed by atoms with Crippen molar-refractivity contribution in [3.63, 3.8) is 0 Å². The molecule has 0 aliphatic carbocycles. The average Bonchev–Trinajstić information content (AvgIpc) is 2.31. The maximum Gasteiger partial charge on any atom is 0.304 e. The summed E-state index contributed by atoms with van der Waals surface area (Å²) < 4.78 is 0. The second kappa shape index (κ2) is 7.74. The Balaban J connectivity index is 2.32. The average molecular weight is 256 g/mol. The molecule has 0 aromatic heterocycles. The van der Waals surface area contributed by atoms with E-state index in [2.05, 4.69) is 30.6 Å². The minimum absolute atomic E-state index is 0.264. The molecule has 18 heavy (non-hydrogen) atoms. The molecule has 0 atom stereocenters. The molecule has 1 saturated heterocycles. The lowest BCUT2D eigenvalue weighted by Gasteiger charge is -2.38. The third-order valence-electron chi connectivity index (χ3n) is 3.72. The molecule has 0 saturated carbocycles. The van der Waals surface area contributed by atoms with E-state index in [-0.39, 0.29) is 6.42 Å². The van der Waals surface area contributed by atoms with E-state index in [4.69, 9.17) is 5.11 Å². The summed E-state index contributed by atoms with van der Waals surface area (Å²) in [5.41, 5.74) is 0. The first-order valence-corrected chi connectivity index (χ1v) is 7.21. The summed E-state index contributed by atoms with van der Waals surface area (Å²) >= 11 is 0. The van der Waals surface area contributed by atoms with Crippen LogP contribution in [0.3, 0.4) is 0 Å². The van der Waals surface area contributed by atoms with E-state index in [0.717, 1.165) is 25.6 Å². The molecule has 0 aromatic rings. The summed E-state index contributed by atoms with van der Waals surface area (Å²) in [7, 11) is 0. The van der Waals surface area contributed by atoms with Gasteiger partial charge in [0.2, 0.25) is 0 Å². The maximum atomic E-state index is 10.6. The van der Waals surface area contributed by atoms with Crippen LogP contribution in [0.2, 0.25) is 0 Å². The van der Waals surface area contributed by atoms with Crippen LogP contribution in [0.4, 0.5) is 0 Å². The van der Waals surface area contributed by atoms with Gasteiger partial charge in [-0.05, 0) is 38.4 Å². The van der Waals surface area contributed by atoms with E-state index in [1.54, 1.807) is 0 Å². The number of piperidine rings is 1. The van der Waals surface area contributed by atoms with Crippen LogP contribution in [0.25, 0.3) is 0 Å². The number of carboxylic acids is 1. The number of aliphatic carboxylic acids is 1. The summed E-state index contributed by atoms with van der Waals surface area (Å²) in [6, 6.07) is 0.581. The highest BCUT2D eigenvalue weighted by atomic mass is 16.4. The third kappa shape index (κ3) is 5.36. The van der Waals surface area contributed by atoms with Crippen molar-refractivity contribution in [2.75, 3.05) is 32.7 Å². The van der Waals surface area contributed by atoms with Crippen molar-refractivity contribution in [1.29, 1.82) is 0 Å². The molecule has 0 unspecified atom stereocenters. The van der Waals surface area contributed by atoms with Crippen molar-refractivity contribution in [2.24, 2.45) is 5.92 Å². The van der Waals surface area contributed by atoms with Crippen molar-refractivity contribution < 1.29 is 9.90 Å². The maximum absolute atomic E-state index is 10.6. The van der Waals surface area contributed by atoms with E-state index in [9.17, 15) is 4.79 Å². The predicted molar refractivity (Wildman–Crippen MR) is 73.8 cm³/mol. The fourth-order valence-corrected chi connectivity index (χ4v) is 2.82. The number of likely N-dealkylation sites (tertiary alicyclic amines) is 1. The van der Waals surface area contributed by atoms with Crippen molar-refractivity contribution in [1.82, 2.24) is 9.80 Å². The molecular formula is C14H28N2O2. The molecule has 1 heterocycles. The highest BCUT2D eigenvalue weighted by Gasteiger charge is 2.24. The zero-order chi connectivity index (χ0) is 13.5. The van der Waals surface area contributed by atoms with Gasteiger partial charge in [0.25, 0.3) is 0 Å². The molecule has 1 N–H and O–H groups in total. The third-order valence-corrected chi connectivity index (χ3v) is 3.72. The van der Waals surface area contributed by atoms with Gasteiger partial charge < -0.3 is 10.0 Å². The van der Waals surface area contributed by atoms with Crippen LogP contribution in [-0.2, 0) is 4.79 Å². The van der Waals surface area contributed by atoms with Crippen LogP contribution >= 0.6 is 0 Å². The first-order chi connectivity index (χ1) is 8.52. The van der Waals surface area contributed by atoms with Gasteiger partial charge in [-0.15, -0.1) is 0 Å². The molecule has 1 aliphatic heterocycles. The van der Waals surface area contributed by atoms with E-state index >= 15 is 0 Å². The van der Waals surface area contributed by atoms with Gasteiger partial charge in [0.15, 0.2) is 0 Å². The Morgan fingerprint density at radius 2 is 2.00 bits per heavy atom. The Labute approximate surface area is 111 Å². The van der Waals surface area contributed by atoms with E-state index < -0.39 is 5.97 Å².